The zero-order chi connectivity index (χ0) is 26.8. The lowest BCUT2D eigenvalue weighted by Gasteiger charge is -2.23. The van der Waals surface area contributed by atoms with Gasteiger partial charge in [0.2, 0.25) is 0 Å². The van der Waals surface area contributed by atoms with Crippen molar-refractivity contribution in [2.75, 3.05) is 4.90 Å². The summed E-state index contributed by atoms with van der Waals surface area (Å²) >= 11 is 8.01. The number of carboxylic acids is 1. The van der Waals surface area contributed by atoms with Crippen LogP contribution in [0.1, 0.15) is 24.3 Å². The maximum atomic E-state index is 12.9. The molecule has 12 heteroatoms. The Bertz CT molecular complexity index is 1600. The summed E-state index contributed by atoms with van der Waals surface area (Å²) in [4.78, 5) is 35.0. The predicted molar refractivity (Wildman–Crippen MR) is 145 cm³/mol. The zero-order valence-corrected chi connectivity index (χ0v) is 21.9. The van der Waals surface area contributed by atoms with Gasteiger partial charge in [0, 0.05) is 35.2 Å². The number of aliphatic carboxylic acids is 1. The van der Waals surface area contributed by atoms with Crippen molar-refractivity contribution in [3.8, 4) is 11.4 Å². The molecule has 3 aromatic heterocycles. The van der Waals surface area contributed by atoms with Gasteiger partial charge >= 0.3 is 5.97 Å². The van der Waals surface area contributed by atoms with E-state index in [2.05, 4.69) is 25.5 Å². The van der Waals surface area contributed by atoms with E-state index in [1.54, 1.807) is 30.6 Å². The van der Waals surface area contributed by atoms with E-state index in [0.29, 0.717) is 10.8 Å². The molecule has 3 heterocycles. The maximum absolute atomic E-state index is 12.9. The third-order valence-electron chi connectivity index (χ3n) is 5.85. The second kappa shape index (κ2) is 10.6. The molecule has 38 heavy (non-hydrogen) atoms. The Morgan fingerprint density at radius 2 is 1.82 bits per heavy atom. The largest absolute Gasteiger partial charge is 0.480 e. The highest BCUT2D eigenvalue weighted by Gasteiger charge is 2.26. The fourth-order valence-corrected chi connectivity index (χ4v) is 4.87. The number of carboxylic acid groups (broad SMARTS) is 1. The fraction of sp³-hybridized carbons (Fsp3) is 0.154. The Kier molecular flexibility index (Phi) is 7.03. The Morgan fingerprint density at radius 3 is 2.47 bits per heavy atom. The smallest absolute Gasteiger partial charge is 0.326 e. The third kappa shape index (κ3) is 4.81. The SMILES string of the molecule is CC(C)[C@H](NC(=O)c1nccn2c(-c3ccc(N(c4nccs4)c4ccccc4Cl)cc3)nnc12)C(=O)O. The normalized spacial score (nSPS) is 12.0. The van der Waals surface area contributed by atoms with Crippen molar-refractivity contribution in [1.29, 1.82) is 0 Å². The first-order chi connectivity index (χ1) is 18.3. The molecule has 192 valence electrons. The van der Waals surface area contributed by atoms with Gasteiger partial charge in [-0.1, -0.05) is 37.6 Å². The average Bonchev–Trinajstić information content (AvgIpc) is 3.59. The summed E-state index contributed by atoms with van der Waals surface area (Å²) in [6, 6.07) is 14.1. The van der Waals surface area contributed by atoms with Crippen molar-refractivity contribution in [1.82, 2.24) is 29.9 Å². The molecule has 5 rings (SSSR count). The number of halogens is 1. The minimum absolute atomic E-state index is 0.0107. The topological polar surface area (TPSA) is 126 Å². The summed E-state index contributed by atoms with van der Waals surface area (Å²) < 4.78 is 1.65. The molecule has 0 bridgehead atoms. The van der Waals surface area contributed by atoms with Crippen LogP contribution in [0, 0.1) is 5.92 Å². The van der Waals surface area contributed by atoms with Gasteiger partial charge in [-0.3, -0.25) is 14.1 Å². The van der Waals surface area contributed by atoms with Gasteiger partial charge in [-0.05, 0) is 42.3 Å². The number of hydrogen-bond acceptors (Lipinski definition) is 8. The van der Waals surface area contributed by atoms with E-state index in [1.807, 2.05) is 58.8 Å². The number of hydrogen-bond donors (Lipinski definition) is 2. The van der Waals surface area contributed by atoms with Crippen LogP contribution < -0.4 is 10.2 Å². The number of rotatable bonds is 8. The highest BCUT2D eigenvalue weighted by atomic mass is 35.5. The number of carbonyl (C=O) groups is 2. The number of nitrogens with one attached hydrogen (secondary N) is 1. The van der Waals surface area contributed by atoms with Crippen molar-refractivity contribution in [3.63, 3.8) is 0 Å². The molecule has 10 nitrogen and oxygen atoms in total. The van der Waals surface area contributed by atoms with Crippen LogP contribution in [0.15, 0.2) is 72.5 Å². The number of carbonyl (C=O) groups excluding carboxylic acids is 1. The van der Waals surface area contributed by atoms with Crippen LogP contribution >= 0.6 is 22.9 Å². The van der Waals surface area contributed by atoms with Gasteiger partial charge in [0.25, 0.3) is 5.91 Å². The molecule has 0 saturated carbocycles. The molecule has 0 radical (unpaired) electrons. The van der Waals surface area contributed by atoms with Gasteiger partial charge in [0.1, 0.15) is 6.04 Å². The zero-order valence-electron chi connectivity index (χ0n) is 20.3. The first-order valence-corrected chi connectivity index (χ1v) is 12.9. The molecule has 1 amide bonds. The molecule has 0 aliphatic heterocycles. The molecule has 2 N–H and O–H groups in total. The summed E-state index contributed by atoms with van der Waals surface area (Å²) in [5.41, 5.74) is 2.61. The second-order valence-electron chi connectivity index (χ2n) is 8.67. The molecule has 0 aliphatic rings. The third-order valence-corrected chi connectivity index (χ3v) is 6.93. The molecule has 0 unspecified atom stereocenters. The average molecular weight is 548 g/mol. The van der Waals surface area contributed by atoms with E-state index in [1.165, 1.54) is 17.5 Å². The van der Waals surface area contributed by atoms with E-state index >= 15 is 0 Å². The van der Waals surface area contributed by atoms with Crippen LogP contribution in [-0.2, 0) is 4.79 Å². The van der Waals surface area contributed by atoms with E-state index in [-0.39, 0.29) is 17.3 Å². The van der Waals surface area contributed by atoms with E-state index in [0.717, 1.165) is 22.1 Å². The molecule has 1 atom stereocenters. The quantitative estimate of drug-likeness (QED) is 0.271. The monoisotopic (exact) mass is 547 g/mol. The van der Waals surface area contributed by atoms with Crippen LogP contribution in [0.2, 0.25) is 5.02 Å². The molecule has 0 spiro atoms. The van der Waals surface area contributed by atoms with Crippen molar-refractivity contribution >= 4 is 57.0 Å². The Labute approximate surface area is 226 Å². The first-order valence-electron chi connectivity index (χ1n) is 11.6. The number of para-hydroxylation sites is 1. The van der Waals surface area contributed by atoms with E-state index in [4.69, 9.17) is 11.6 Å². The Morgan fingerprint density at radius 1 is 1.05 bits per heavy atom. The summed E-state index contributed by atoms with van der Waals surface area (Å²) in [6.45, 7) is 3.43. The number of aromatic nitrogens is 5. The molecular weight excluding hydrogens is 526 g/mol. The maximum Gasteiger partial charge on any atom is 0.326 e. The van der Waals surface area contributed by atoms with Gasteiger partial charge in [0.05, 0.1) is 10.7 Å². The summed E-state index contributed by atoms with van der Waals surface area (Å²) in [5.74, 6) is -1.56. The molecule has 0 saturated heterocycles. The van der Waals surface area contributed by atoms with Gasteiger partial charge in [-0.2, -0.15) is 0 Å². The van der Waals surface area contributed by atoms with Crippen molar-refractivity contribution in [2.45, 2.75) is 19.9 Å². The summed E-state index contributed by atoms with van der Waals surface area (Å²) in [5, 5.41) is 23.7. The van der Waals surface area contributed by atoms with Gasteiger partial charge in [-0.15, -0.1) is 21.5 Å². The van der Waals surface area contributed by atoms with E-state index < -0.39 is 17.9 Å². The lowest BCUT2D eigenvalue weighted by molar-refractivity contribution is -0.140. The van der Waals surface area contributed by atoms with Crippen LogP contribution in [0.3, 0.4) is 0 Å². The molecule has 0 aliphatic carbocycles. The number of thiazole rings is 1. The molecule has 0 fully saturated rings. The lowest BCUT2D eigenvalue weighted by atomic mass is 10.0. The number of anilines is 3. The Balaban J connectivity index is 1.49. The van der Waals surface area contributed by atoms with Crippen molar-refractivity contribution in [2.24, 2.45) is 5.92 Å². The number of amides is 1. The highest BCUT2D eigenvalue weighted by molar-refractivity contribution is 7.13. The predicted octanol–water partition coefficient (Wildman–Crippen LogP) is 5.21. The molecule has 5 aromatic rings. The first kappa shape index (κ1) is 25.3. The molecular formula is C26H22ClN7O3S. The number of nitrogens with zero attached hydrogens (tertiary/aromatic N) is 6. The number of benzene rings is 2. The Hall–Kier alpha value is -4.35. The second-order valence-corrected chi connectivity index (χ2v) is 9.96. The van der Waals surface area contributed by atoms with Crippen molar-refractivity contribution in [3.05, 3.63) is 83.2 Å². The van der Waals surface area contributed by atoms with E-state index in [9.17, 15) is 14.7 Å². The molecule has 2 aromatic carbocycles. The summed E-state index contributed by atoms with van der Waals surface area (Å²) in [7, 11) is 0. The minimum atomic E-state index is -1.12. The van der Waals surface area contributed by atoms with Crippen LogP contribution in [0.25, 0.3) is 17.0 Å². The minimum Gasteiger partial charge on any atom is -0.480 e. The fourth-order valence-electron chi connectivity index (χ4n) is 3.98. The van der Waals surface area contributed by atoms with Crippen molar-refractivity contribution < 1.29 is 14.7 Å². The van der Waals surface area contributed by atoms with Gasteiger partial charge in [-0.25, -0.2) is 14.8 Å². The van der Waals surface area contributed by atoms with Crippen LogP contribution in [0.4, 0.5) is 16.5 Å². The summed E-state index contributed by atoms with van der Waals surface area (Å²) in [6.07, 6.45) is 4.84. The highest BCUT2D eigenvalue weighted by Crippen LogP contribution is 2.39. The number of fused-ring (bicyclic) bond motifs is 1. The van der Waals surface area contributed by atoms with Gasteiger partial charge in [0.15, 0.2) is 22.3 Å². The lowest BCUT2D eigenvalue weighted by Crippen LogP contribution is -2.44. The van der Waals surface area contributed by atoms with Crippen LogP contribution in [0.5, 0.6) is 0 Å². The van der Waals surface area contributed by atoms with Gasteiger partial charge < -0.3 is 10.4 Å². The van der Waals surface area contributed by atoms with Crippen LogP contribution in [-0.4, -0.2) is 47.6 Å². The standard InChI is InChI=1S/C26H22ClN7O3S/c1-15(2)20(25(36)37)30-24(35)21-23-32-31-22(33(23)13-11-28-21)16-7-9-17(10-8-16)34(26-29-12-14-38-26)19-6-4-3-5-18(19)27/h3-15,20H,1-2H3,(H,30,35)(H,36,37)/t20-/m0/s1.